The number of benzene rings is 1. The highest BCUT2D eigenvalue weighted by Crippen LogP contribution is 2.19. The van der Waals surface area contributed by atoms with E-state index in [1.54, 1.807) is 0 Å². The molecule has 0 fully saturated rings. The van der Waals surface area contributed by atoms with E-state index in [1.165, 1.54) is 0 Å². The summed E-state index contributed by atoms with van der Waals surface area (Å²) in [4.78, 5) is 4.47. The lowest BCUT2D eigenvalue weighted by Crippen LogP contribution is -2.23. The fourth-order valence-corrected chi connectivity index (χ4v) is 2.43. The number of hydrogen-bond donors (Lipinski definition) is 1. The van der Waals surface area contributed by atoms with E-state index in [0.717, 1.165) is 35.2 Å². The molecule has 1 aliphatic rings. The van der Waals surface area contributed by atoms with Gasteiger partial charge in [-0.1, -0.05) is 29.8 Å². The second kappa shape index (κ2) is 4.71. The Labute approximate surface area is 110 Å². The van der Waals surface area contributed by atoms with Crippen LogP contribution in [0.5, 0.6) is 0 Å². The normalized spacial score (nSPS) is 18.7. The molecule has 5 heteroatoms. The van der Waals surface area contributed by atoms with E-state index >= 15 is 0 Å². The molecule has 0 amide bonds. The fourth-order valence-electron chi connectivity index (χ4n) is 2.23. The predicted molar refractivity (Wildman–Crippen MR) is 68.6 cm³/mol. The van der Waals surface area contributed by atoms with Crippen LogP contribution in [0, 0.1) is 0 Å². The second-order valence-corrected chi connectivity index (χ2v) is 4.99. The Balaban J connectivity index is 1.84. The van der Waals surface area contributed by atoms with Gasteiger partial charge in [-0.2, -0.15) is 5.10 Å². The molecule has 0 aliphatic carbocycles. The first-order valence-electron chi connectivity index (χ1n) is 6.06. The van der Waals surface area contributed by atoms with Crippen LogP contribution in [0.1, 0.15) is 23.6 Å². The molecular formula is C13H14ClN3O. The zero-order valence-corrected chi connectivity index (χ0v) is 10.6. The molecule has 2 aromatic rings. The topological polar surface area (TPSA) is 50.9 Å². The first-order chi connectivity index (χ1) is 8.72. The lowest BCUT2D eigenvalue weighted by molar-refractivity contribution is 0.138. The summed E-state index contributed by atoms with van der Waals surface area (Å²) in [5.41, 5.74) is 1.03. The molecule has 0 radical (unpaired) electrons. The van der Waals surface area contributed by atoms with Gasteiger partial charge in [0, 0.05) is 24.4 Å². The average Bonchev–Trinajstić information content (AvgIpc) is 2.73. The van der Waals surface area contributed by atoms with Gasteiger partial charge in [0.05, 0.1) is 6.10 Å². The van der Waals surface area contributed by atoms with Gasteiger partial charge >= 0.3 is 0 Å². The maximum absolute atomic E-state index is 9.60. The quantitative estimate of drug-likeness (QED) is 0.899. The molecular weight excluding hydrogens is 250 g/mol. The van der Waals surface area contributed by atoms with E-state index in [0.29, 0.717) is 12.8 Å². The van der Waals surface area contributed by atoms with Crippen LogP contribution in [0.25, 0.3) is 0 Å². The zero-order valence-electron chi connectivity index (χ0n) is 9.88. The Morgan fingerprint density at radius 3 is 3.06 bits per heavy atom. The molecule has 0 spiro atoms. The van der Waals surface area contributed by atoms with E-state index in [1.807, 2.05) is 28.9 Å². The summed E-state index contributed by atoms with van der Waals surface area (Å²) in [7, 11) is 0. The average molecular weight is 264 g/mol. The third-order valence-electron chi connectivity index (χ3n) is 3.19. The van der Waals surface area contributed by atoms with E-state index in [4.69, 9.17) is 11.6 Å². The minimum atomic E-state index is -0.283. The van der Waals surface area contributed by atoms with Crippen LogP contribution in [-0.4, -0.2) is 26.0 Å². The van der Waals surface area contributed by atoms with Gasteiger partial charge in [-0.05, 0) is 18.1 Å². The van der Waals surface area contributed by atoms with Crippen molar-refractivity contribution in [1.29, 1.82) is 0 Å². The highest BCUT2D eigenvalue weighted by molar-refractivity contribution is 6.31. The van der Waals surface area contributed by atoms with Gasteiger partial charge in [0.2, 0.25) is 0 Å². The predicted octanol–water partition coefficient (Wildman–Crippen LogP) is 1.83. The number of nitrogens with zero attached hydrogens (tertiary/aromatic N) is 3. The zero-order chi connectivity index (χ0) is 12.5. The Kier molecular flexibility index (Phi) is 3.06. The minimum Gasteiger partial charge on any atom is -0.393 e. The number of aliphatic hydroxyl groups is 1. The number of aromatic nitrogens is 3. The molecule has 1 aliphatic heterocycles. The summed E-state index contributed by atoms with van der Waals surface area (Å²) in [5, 5.41) is 14.8. The summed E-state index contributed by atoms with van der Waals surface area (Å²) >= 11 is 6.12. The highest BCUT2D eigenvalue weighted by Gasteiger charge is 2.20. The second-order valence-electron chi connectivity index (χ2n) is 4.58. The highest BCUT2D eigenvalue weighted by atomic mass is 35.5. The van der Waals surface area contributed by atoms with Crippen molar-refractivity contribution in [2.24, 2.45) is 0 Å². The Hall–Kier alpha value is -1.39. The van der Waals surface area contributed by atoms with E-state index in [2.05, 4.69) is 10.1 Å². The fraction of sp³-hybridized carbons (Fsp3) is 0.385. The molecule has 1 atom stereocenters. The van der Waals surface area contributed by atoms with Gasteiger partial charge in [0.25, 0.3) is 0 Å². The summed E-state index contributed by atoms with van der Waals surface area (Å²) < 4.78 is 1.89. The summed E-state index contributed by atoms with van der Waals surface area (Å²) in [6, 6.07) is 7.72. The lowest BCUT2D eigenvalue weighted by atomic mass is 10.1. The summed E-state index contributed by atoms with van der Waals surface area (Å²) in [5.74, 6) is 1.64. The van der Waals surface area contributed by atoms with Crippen molar-refractivity contribution in [3.63, 3.8) is 0 Å². The molecule has 0 saturated carbocycles. The van der Waals surface area contributed by atoms with Crippen LogP contribution in [0.3, 0.4) is 0 Å². The molecule has 1 aromatic heterocycles. The van der Waals surface area contributed by atoms with Crippen LogP contribution in [0.4, 0.5) is 0 Å². The van der Waals surface area contributed by atoms with Gasteiger partial charge in [-0.25, -0.2) is 9.67 Å². The monoisotopic (exact) mass is 263 g/mol. The van der Waals surface area contributed by atoms with E-state index in [-0.39, 0.29) is 6.10 Å². The van der Waals surface area contributed by atoms with Crippen LogP contribution >= 0.6 is 11.6 Å². The largest absolute Gasteiger partial charge is 0.393 e. The molecule has 94 valence electrons. The Bertz CT molecular complexity index is 567. The van der Waals surface area contributed by atoms with Crippen LogP contribution in [-0.2, 0) is 19.4 Å². The summed E-state index contributed by atoms with van der Waals surface area (Å²) in [6.45, 7) is 0.742. The smallest absolute Gasteiger partial charge is 0.155 e. The molecule has 0 bridgehead atoms. The third-order valence-corrected chi connectivity index (χ3v) is 3.56. The van der Waals surface area contributed by atoms with E-state index < -0.39 is 0 Å². The van der Waals surface area contributed by atoms with Crippen molar-refractivity contribution in [3.8, 4) is 0 Å². The maximum atomic E-state index is 9.60. The van der Waals surface area contributed by atoms with Gasteiger partial charge < -0.3 is 5.11 Å². The number of aryl methyl sites for hydroxylation is 1. The van der Waals surface area contributed by atoms with E-state index in [9.17, 15) is 5.11 Å². The van der Waals surface area contributed by atoms with Gasteiger partial charge in [0.15, 0.2) is 5.82 Å². The van der Waals surface area contributed by atoms with Crippen LogP contribution in [0.15, 0.2) is 24.3 Å². The standard InChI is InChI=1S/C13H14ClN3O/c14-11-4-2-1-3-9(11)7-12-15-13-8-10(18)5-6-17(13)16-12/h1-4,10,18H,5-8H2. The molecule has 1 aromatic carbocycles. The number of hydrogen-bond acceptors (Lipinski definition) is 3. The van der Waals surface area contributed by atoms with Gasteiger partial charge in [-0.3, -0.25) is 0 Å². The number of halogens is 1. The van der Waals surface area contributed by atoms with Crippen molar-refractivity contribution >= 4 is 11.6 Å². The van der Waals surface area contributed by atoms with Crippen molar-refractivity contribution in [2.45, 2.75) is 31.9 Å². The molecule has 3 rings (SSSR count). The first kappa shape index (κ1) is 11.7. The lowest BCUT2D eigenvalue weighted by Gasteiger charge is -2.16. The maximum Gasteiger partial charge on any atom is 0.155 e. The van der Waals surface area contributed by atoms with Gasteiger partial charge in [0.1, 0.15) is 5.82 Å². The molecule has 0 saturated heterocycles. The van der Waals surface area contributed by atoms with Crippen molar-refractivity contribution < 1.29 is 5.11 Å². The molecule has 4 nitrogen and oxygen atoms in total. The molecule has 1 N–H and O–H groups in total. The number of fused-ring (bicyclic) bond motifs is 1. The minimum absolute atomic E-state index is 0.283. The van der Waals surface area contributed by atoms with Crippen LogP contribution in [0.2, 0.25) is 5.02 Å². The Morgan fingerprint density at radius 1 is 1.39 bits per heavy atom. The molecule has 2 heterocycles. The van der Waals surface area contributed by atoms with Crippen molar-refractivity contribution in [3.05, 3.63) is 46.5 Å². The first-order valence-corrected chi connectivity index (χ1v) is 6.44. The SMILES string of the molecule is OC1CCn2nc(Cc3ccccc3Cl)nc2C1. The van der Waals surface area contributed by atoms with Gasteiger partial charge in [-0.15, -0.1) is 0 Å². The van der Waals surface area contributed by atoms with Crippen molar-refractivity contribution in [2.75, 3.05) is 0 Å². The Morgan fingerprint density at radius 2 is 2.22 bits per heavy atom. The van der Waals surface area contributed by atoms with Crippen LogP contribution < -0.4 is 0 Å². The third kappa shape index (κ3) is 2.26. The molecule has 18 heavy (non-hydrogen) atoms. The summed E-state index contributed by atoms with van der Waals surface area (Å²) in [6.07, 6.45) is 1.70. The van der Waals surface area contributed by atoms with Crippen molar-refractivity contribution in [1.82, 2.24) is 14.8 Å². The molecule has 1 unspecified atom stereocenters. The number of rotatable bonds is 2. The number of aliphatic hydroxyl groups excluding tert-OH is 1.